The molecule has 0 saturated heterocycles. The van der Waals surface area contributed by atoms with Crippen molar-refractivity contribution in [3.05, 3.63) is 96.3 Å². The number of nitrogens with one attached hydrogen (secondary N) is 2. The second-order valence-electron chi connectivity index (χ2n) is 10.6. The summed E-state index contributed by atoms with van der Waals surface area (Å²) in [7, 11) is 0. The van der Waals surface area contributed by atoms with Crippen LogP contribution in [-0.4, -0.2) is 87.7 Å². The molecule has 2 aromatic heterocycles. The number of pyridine rings is 2. The fourth-order valence-electron chi connectivity index (χ4n) is 4.61. The molecule has 48 heavy (non-hydrogen) atoms. The van der Waals surface area contributed by atoms with Crippen LogP contribution in [0.3, 0.4) is 0 Å². The number of nitrogens with zero attached hydrogens (tertiary/aromatic N) is 2. The molecule has 6 heterocycles. The van der Waals surface area contributed by atoms with Crippen LogP contribution in [0.5, 0.6) is 23.0 Å². The van der Waals surface area contributed by atoms with E-state index in [1.807, 2.05) is 48.5 Å². The van der Waals surface area contributed by atoms with Crippen molar-refractivity contribution in [1.82, 2.24) is 20.6 Å². The summed E-state index contributed by atoms with van der Waals surface area (Å²) in [5, 5.41) is 5.71. The summed E-state index contributed by atoms with van der Waals surface area (Å²) in [5.41, 5.74) is 1.76. The molecular weight excluding hydrogens is 616 g/mol. The Morgan fingerprint density at radius 2 is 0.833 bits per heavy atom. The van der Waals surface area contributed by atoms with Gasteiger partial charge in [0.05, 0.1) is 37.7 Å². The van der Waals surface area contributed by atoms with Gasteiger partial charge >= 0.3 is 0 Å². The Balaban J connectivity index is 1.16. The number of benzene rings is 2. The molecule has 2 aromatic carbocycles. The van der Waals surface area contributed by atoms with Crippen LogP contribution in [0, 0.1) is 0 Å². The van der Waals surface area contributed by atoms with Crippen LogP contribution in [0.25, 0.3) is 11.4 Å². The number of carbonyl (C=O) groups excluding carboxylic acids is 2. The van der Waals surface area contributed by atoms with E-state index >= 15 is 0 Å². The maximum absolute atomic E-state index is 12.8. The molecule has 4 aliphatic rings. The zero-order valence-electron chi connectivity index (χ0n) is 26.7. The first kappa shape index (κ1) is 34.1. The molecule has 4 aromatic rings. The highest BCUT2D eigenvalue weighted by Crippen LogP contribution is 2.19. The van der Waals surface area contributed by atoms with E-state index in [1.165, 1.54) is 12.4 Å². The highest BCUT2D eigenvalue weighted by Gasteiger charge is 2.12. The summed E-state index contributed by atoms with van der Waals surface area (Å²) in [6.07, 6.45) is 4.86. The van der Waals surface area contributed by atoms with Crippen LogP contribution >= 0.6 is 0 Å². The lowest BCUT2D eigenvalue weighted by Crippen LogP contribution is -2.28. The number of rotatable bonds is 0. The Bertz CT molecular complexity index is 1460. The topological polar surface area (TPSA) is 139 Å². The zero-order chi connectivity index (χ0) is 33.2. The quantitative estimate of drug-likeness (QED) is 0.281. The van der Waals surface area contributed by atoms with E-state index in [0.29, 0.717) is 86.7 Å². The van der Waals surface area contributed by atoms with Crippen molar-refractivity contribution >= 4 is 11.8 Å². The van der Waals surface area contributed by atoms with Crippen molar-refractivity contribution in [2.45, 2.75) is 12.8 Å². The molecule has 0 spiro atoms. The molecule has 4 aliphatic heterocycles. The maximum Gasteiger partial charge on any atom is 0.251 e. The summed E-state index contributed by atoms with van der Waals surface area (Å²) in [6.45, 7) is 4.33. The Morgan fingerprint density at radius 1 is 0.458 bits per heavy atom. The number of ether oxygens (including phenoxy) is 6. The van der Waals surface area contributed by atoms with Gasteiger partial charge < -0.3 is 39.1 Å². The summed E-state index contributed by atoms with van der Waals surface area (Å²) < 4.78 is 34.3. The van der Waals surface area contributed by atoms with Gasteiger partial charge in [0.25, 0.3) is 11.8 Å². The second-order valence-corrected chi connectivity index (χ2v) is 10.6. The van der Waals surface area contributed by atoms with Gasteiger partial charge in [0.2, 0.25) is 0 Å². The molecule has 8 bridgehead atoms. The average molecular weight is 657 g/mol. The number of hydrogen-bond donors (Lipinski definition) is 2. The molecule has 0 saturated carbocycles. The number of carbonyl (C=O) groups is 2. The summed E-state index contributed by atoms with van der Waals surface area (Å²) in [5.74, 6) is 2.21. The van der Waals surface area contributed by atoms with Crippen molar-refractivity contribution in [2.75, 3.05) is 65.9 Å². The smallest absolute Gasteiger partial charge is 0.251 e. The minimum Gasteiger partial charge on any atom is -0.492 e. The van der Waals surface area contributed by atoms with Crippen LogP contribution in [-0.2, 0) is 9.47 Å². The highest BCUT2D eigenvalue weighted by atomic mass is 16.5. The van der Waals surface area contributed by atoms with Gasteiger partial charge in [-0.3, -0.25) is 19.6 Å². The molecule has 2 amide bonds. The van der Waals surface area contributed by atoms with Gasteiger partial charge in [-0.05, 0) is 85.6 Å². The fourth-order valence-corrected chi connectivity index (χ4v) is 4.61. The van der Waals surface area contributed by atoms with E-state index in [-0.39, 0.29) is 25.0 Å². The van der Waals surface area contributed by atoms with Crippen LogP contribution in [0.2, 0.25) is 0 Å². The minimum atomic E-state index is -0.277. The van der Waals surface area contributed by atoms with Gasteiger partial charge in [-0.2, -0.15) is 0 Å². The SMILES string of the molecule is O=C1NCCOc2ccc(cc2)OCCOCCCCOCCOc2ccc(cc2)OCCNC(=O)c2ccnc(c2)-c2cc1ccn2. The number of amides is 2. The Hall–Kier alpha value is -5.20. The third kappa shape index (κ3) is 11.2. The first-order chi connectivity index (χ1) is 23.6. The van der Waals surface area contributed by atoms with Crippen LogP contribution in [0.15, 0.2) is 85.2 Å². The molecule has 8 rings (SSSR count). The predicted octanol–water partition coefficient (Wildman–Crippen LogP) is 4.35. The Labute approximate surface area is 279 Å². The van der Waals surface area contributed by atoms with Gasteiger partial charge in [-0.25, -0.2) is 0 Å². The monoisotopic (exact) mass is 656 g/mol. The lowest BCUT2D eigenvalue weighted by atomic mass is 10.1. The predicted molar refractivity (Wildman–Crippen MR) is 178 cm³/mol. The first-order valence-electron chi connectivity index (χ1n) is 16.0. The van der Waals surface area contributed by atoms with Crippen molar-refractivity contribution in [2.24, 2.45) is 0 Å². The summed E-state index contributed by atoms with van der Waals surface area (Å²) in [6, 6.07) is 21.1. The van der Waals surface area contributed by atoms with Gasteiger partial charge in [-0.15, -0.1) is 0 Å². The van der Waals surface area contributed by atoms with Crippen LogP contribution in [0.1, 0.15) is 33.6 Å². The minimum absolute atomic E-state index is 0.277. The lowest BCUT2D eigenvalue weighted by Gasteiger charge is -2.11. The normalized spacial score (nSPS) is 16.2. The largest absolute Gasteiger partial charge is 0.492 e. The van der Waals surface area contributed by atoms with Gasteiger partial charge in [0.15, 0.2) is 0 Å². The Kier molecular flexibility index (Phi) is 13.4. The molecule has 0 unspecified atom stereocenters. The van der Waals surface area contributed by atoms with E-state index < -0.39 is 0 Å². The number of hydrogen-bond acceptors (Lipinski definition) is 10. The van der Waals surface area contributed by atoms with Crippen molar-refractivity contribution in [3.8, 4) is 34.4 Å². The molecule has 0 radical (unpaired) electrons. The summed E-state index contributed by atoms with van der Waals surface area (Å²) >= 11 is 0. The second kappa shape index (κ2) is 18.8. The molecule has 0 fully saturated rings. The van der Waals surface area contributed by atoms with Crippen molar-refractivity contribution < 1.29 is 38.0 Å². The Morgan fingerprint density at radius 3 is 1.23 bits per heavy atom. The molecular formula is C36H40N4O8. The van der Waals surface area contributed by atoms with Crippen LogP contribution < -0.4 is 29.6 Å². The molecule has 12 nitrogen and oxygen atoms in total. The van der Waals surface area contributed by atoms with Gasteiger partial charge in [-0.1, -0.05) is 0 Å². The van der Waals surface area contributed by atoms with E-state index in [9.17, 15) is 9.59 Å². The molecule has 2 N–H and O–H groups in total. The van der Waals surface area contributed by atoms with Crippen molar-refractivity contribution in [1.29, 1.82) is 0 Å². The van der Waals surface area contributed by atoms with E-state index in [1.54, 1.807) is 24.3 Å². The average Bonchev–Trinajstić information content (AvgIpc) is 3.13. The fraction of sp³-hybridized carbons (Fsp3) is 0.333. The van der Waals surface area contributed by atoms with Crippen LogP contribution in [0.4, 0.5) is 0 Å². The van der Waals surface area contributed by atoms with E-state index in [0.717, 1.165) is 24.3 Å². The zero-order valence-corrected chi connectivity index (χ0v) is 26.7. The highest BCUT2D eigenvalue weighted by molar-refractivity contribution is 5.96. The first-order valence-corrected chi connectivity index (χ1v) is 16.0. The molecule has 12 heteroatoms. The van der Waals surface area contributed by atoms with Gasteiger partial charge in [0, 0.05) is 36.7 Å². The van der Waals surface area contributed by atoms with E-state index in [2.05, 4.69) is 20.6 Å². The van der Waals surface area contributed by atoms with E-state index in [4.69, 9.17) is 28.4 Å². The van der Waals surface area contributed by atoms with Crippen molar-refractivity contribution in [3.63, 3.8) is 0 Å². The standard InChI is InChI=1S/C36H40N4O8/c41-35-27-11-13-37-33(25-27)34-26-28(12-14-38-34)36(42)40-16-20-46-30-5-9-32(10-6-30)48-24-22-44-18-2-1-17-43-21-23-47-31-7-3-29(4-8-31)45-19-15-39-35/h3-14,25-26H,1-2,15-24H2,(H,39,41)(H,40,42). The number of aromatic nitrogens is 2. The summed E-state index contributed by atoms with van der Waals surface area (Å²) in [4.78, 5) is 34.4. The molecule has 252 valence electrons. The third-order valence-corrected chi connectivity index (χ3v) is 7.09. The maximum atomic E-state index is 12.8. The van der Waals surface area contributed by atoms with Gasteiger partial charge in [0.1, 0.15) is 49.4 Å². The lowest BCUT2D eigenvalue weighted by molar-refractivity contribution is 0.0758. The third-order valence-electron chi connectivity index (χ3n) is 7.09. The molecule has 0 aliphatic carbocycles. The molecule has 0 atom stereocenters.